The molecule has 4 aromatic carbocycles. The number of hydrogen-bond acceptors (Lipinski definition) is 2. The third-order valence-electron chi connectivity index (χ3n) is 13.8. The van der Waals surface area contributed by atoms with Crippen molar-refractivity contribution in [1.29, 1.82) is 0 Å². The number of unbranched alkanes of at least 4 members (excludes halogenated alkanes) is 11. The molecule has 0 spiro atoms. The van der Waals surface area contributed by atoms with E-state index in [1.54, 1.807) is 48.5 Å². The predicted octanol–water partition coefficient (Wildman–Crippen LogP) is 19.4. The minimum absolute atomic E-state index is 0.184. The molecule has 0 amide bonds. The molecule has 2 saturated carbocycles. The van der Waals surface area contributed by atoms with Gasteiger partial charge in [0.2, 0.25) is 0 Å². The van der Waals surface area contributed by atoms with Crippen molar-refractivity contribution in [1.82, 2.24) is 0 Å². The van der Waals surface area contributed by atoms with E-state index in [4.69, 9.17) is 0 Å². The Bertz CT molecular complexity index is 1870. The maximum Gasteiger partial charge on any atom is 0.387 e. The Balaban J connectivity index is 0.000000244. The molecule has 2 aliphatic rings. The highest BCUT2D eigenvalue weighted by Crippen LogP contribution is 2.39. The summed E-state index contributed by atoms with van der Waals surface area (Å²) in [6.07, 6.45) is 40.0. The average molecular weight is 895 g/mol. The van der Waals surface area contributed by atoms with Gasteiger partial charge in [-0.05, 0) is 133 Å². The average Bonchev–Trinajstić information content (AvgIpc) is 3.32. The molecule has 2 fully saturated rings. The summed E-state index contributed by atoms with van der Waals surface area (Å²) >= 11 is 0. The minimum Gasteiger partial charge on any atom is -0.435 e. The minimum atomic E-state index is -2.79. The summed E-state index contributed by atoms with van der Waals surface area (Å²) in [6, 6.07) is 31.3. The van der Waals surface area contributed by atoms with Crippen LogP contribution in [0, 0.1) is 11.8 Å². The normalized spacial score (nSPS) is 18.9. The number of ether oxygens (including phenoxy) is 2. The first-order valence-electron chi connectivity index (χ1n) is 25.4. The van der Waals surface area contributed by atoms with Crippen molar-refractivity contribution in [2.75, 3.05) is 0 Å². The summed E-state index contributed by atoms with van der Waals surface area (Å²) in [5, 5.41) is 0. The van der Waals surface area contributed by atoms with Gasteiger partial charge < -0.3 is 9.47 Å². The van der Waals surface area contributed by atoms with Gasteiger partial charge >= 0.3 is 13.2 Å². The monoisotopic (exact) mass is 895 g/mol. The molecule has 65 heavy (non-hydrogen) atoms. The lowest BCUT2D eigenvalue weighted by Gasteiger charge is -2.29. The van der Waals surface area contributed by atoms with Gasteiger partial charge in [0, 0.05) is 0 Å². The molecule has 0 saturated heterocycles. The van der Waals surface area contributed by atoms with Crippen LogP contribution < -0.4 is 9.47 Å². The lowest BCUT2D eigenvalue weighted by molar-refractivity contribution is -0.0505. The lowest BCUT2D eigenvalue weighted by atomic mass is 9.77. The maximum absolute atomic E-state index is 12.2. The second-order valence-corrected chi connectivity index (χ2v) is 18.8. The number of rotatable bonds is 25. The van der Waals surface area contributed by atoms with Crippen LogP contribution in [0.1, 0.15) is 207 Å². The summed E-state index contributed by atoms with van der Waals surface area (Å²) in [5.74, 6) is 3.66. The van der Waals surface area contributed by atoms with Gasteiger partial charge in [-0.25, -0.2) is 0 Å². The molecule has 6 heteroatoms. The molecule has 6 rings (SSSR count). The van der Waals surface area contributed by atoms with Gasteiger partial charge in [-0.15, -0.1) is 0 Å². The standard InChI is InChI=1S/C30H40F2O.C29H38F2O/c1-2-3-4-5-6-7-8-9-24-12-18-27(19-13-24)28-20-14-25(15-21-28)10-11-26-16-22-29(23-17-26)33-30(31)32;1-2-3-4-5-6-7-8-23-11-17-26(18-12-23)27-19-13-24(14-20-27)9-10-25-15-21-28(22-16-25)32-29(30)31/h10-11,14-17,20-24,27,30H,2-9,12-13,18-19H2,1H3;9-10,13-16,19-23,26,29H,2-8,11-12,17-18H2,1H3/t24-,27-;23-,26-. The number of alkyl halides is 4. The van der Waals surface area contributed by atoms with Gasteiger partial charge in [0.05, 0.1) is 0 Å². The van der Waals surface area contributed by atoms with Crippen LogP contribution in [-0.4, -0.2) is 13.2 Å². The first-order valence-corrected chi connectivity index (χ1v) is 25.4. The quantitative estimate of drug-likeness (QED) is 0.0375. The molecule has 354 valence electrons. The van der Waals surface area contributed by atoms with Crippen molar-refractivity contribution in [3.8, 4) is 11.5 Å². The van der Waals surface area contributed by atoms with Crippen LogP contribution in [0.5, 0.6) is 11.5 Å². The molecule has 0 unspecified atom stereocenters. The second-order valence-electron chi connectivity index (χ2n) is 18.8. The molecule has 0 heterocycles. The van der Waals surface area contributed by atoms with E-state index in [1.165, 1.54) is 159 Å². The molecule has 2 nitrogen and oxygen atoms in total. The molecular formula is C59H78F4O2. The van der Waals surface area contributed by atoms with E-state index in [2.05, 4.69) is 84.0 Å². The van der Waals surface area contributed by atoms with Gasteiger partial charge in [0.1, 0.15) is 11.5 Å². The molecule has 4 aromatic rings. The fourth-order valence-electron chi connectivity index (χ4n) is 9.84. The topological polar surface area (TPSA) is 18.5 Å². The first kappa shape index (κ1) is 51.7. The summed E-state index contributed by atoms with van der Waals surface area (Å²) < 4.78 is 57.8. The van der Waals surface area contributed by atoms with Crippen molar-refractivity contribution in [3.05, 3.63) is 130 Å². The fourth-order valence-corrected chi connectivity index (χ4v) is 9.84. The Morgan fingerprint density at radius 1 is 0.385 bits per heavy atom. The van der Waals surface area contributed by atoms with Gasteiger partial charge in [0.25, 0.3) is 0 Å². The third-order valence-corrected chi connectivity index (χ3v) is 13.8. The van der Waals surface area contributed by atoms with Crippen molar-refractivity contribution < 1.29 is 27.0 Å². The van der Waals surface area contributed by atoms with E-state index in [9.17, 15) is 17.6 Å². The van der Waals surface area contributed by atoms with Crippen LogP contribution >= 0.6 is 0 Å². The Kier molecular flexibility index (Phi) is 23.9. The summed E-state index contributed by atoms with van der Waals surface area (Å²) in [4.78, 5) is 0. The van der Waals surface area contributed by atoms with Crippen LogP contribution in [0.15, 0.2) is 97.1 Å². The zero-order chi connectivity index (χ0) is 45.9. The van der Waals surface area contributed by atoms with E-state index >= 15 is 0 Å². The zero-order valence-corrected chi connectivity index (χ0v) is 39.6. The van der Waals surface area contributed by atoms with Crippen LogP contribution in [0.2, 0.25) is 0 Å². The summed E-state index contributed by atoms with van der Waals surface area (Å²) in [6.45, 7) is -1.01. The summed E-state index contributed by atoms with van der Waals surface area (Å²) in [5.41, 5.74) is 7.15. The fraction of sp³-hybridized carbons (Fsp3) is 0.525. The molecule has 2 aliphatic carbocycles. The van der Waals surface area contributed by atoms with Crippen molar-refractivity contribution >= 4 is 24.3 Å². The molecule has 0 bridgehead atoms. The highest BCUT2D eigenvalue weighted by Gasteiger charge is 2.23. The number of halogens is 4. The Labute approximate surface area is 390 Å². The predicted molar refractivity (Wildman–Crippen MR) is 267 cm³/mol. The Morgan fingerprint density at radius 3 is 0.954 bits per heavy atom. The van der Waals surface area contributed by atoms with E-state index in [0.717, 1.165) is 34.1 Å². The van der Waals surface area contributed by atoms with Crippen molar-refractivity contribution in [2.45, 2.75) is 187 Å². The largest absolute Gasteiger partial charge is 0.435 e. The van der Waals surface area contributed by atoms with Gasteiger partial charge in [-0.2, -0.15) is 17.6 Å². The Hall–Kier alpha value is -4.32. The maximum atomic E-state index is 12.2. The Morgan fingerprint density at radius 2 is 0.662 bits per heavy atom. The van der Waals surface area contributed by atoms with Gasteiger partial charge in [0.15, 0.2) is 0 Å². The van der Waals surface area contributed by atoms with Gasteiger partial charge in [-0.1, -0.05) is 207 Å². The molecule has 0 aromatic heterocycles. The highest BCUT2D eigenvalue weighted by atomic mass is 19.3. The molecule has 0 atom stereocenters. The highest BCUT2D eigenvalue weighted by molar-refractivity contribution is 5.70. The lowest BCUT2D eigenvalue weighted by Crippen LogP contribution is -2.13. The number of benzene rings is 4. The number of hydrogen-bond donors (Lipinski definition) is 0. The molecule has 0 aliphatic heterocycles. The smallest absolute Gasteiger partial charge is 0.387 e. The third kappa shape index (κ3) is 20.4. The van der Waals surface area contributed by atoms with Gasteiger partial charge in [-0.3, -0.25) is 0 Å². The van der Waals surface area contributed by atoms with E-state index in [-0.39, 0.29) is 11.5 Å². The molecule has 0 N–H and O–H groups in total. The van der Waals surface area contributed by atoms with Crippen LogP contribution in [0.4, 0.5) is 17.6 Å². The van der Waals surface area contributed by atoms with Crippen LogP contribution in [0.25, 0.3) is 24.3 Å². The SMILES string of the molecule is CCCCCCCCC[C@H]1CC[C@H](c2ccc(C=Cc3ccc(OC(F)F)cc3)cc2)CC1.CCCCCCCC[C@H]1CC[C@H](c2ccc(C=Cc3ccc(OC(F)F)cc3)cc2)CC1. The van der Waals surface area contributed by atoms with Crippen LogP contribution in [0.3, 0.4) is 0 Å². The molecular weight excluding hydrogens is 817 g/mol. The first-order chi connectivity index (χ1) is 31.8. The van der Waals surface area contributed by atoms with Crippen LogP contribution in [-0.2, 0) is 0 Å². The van der Waals surface area contributed by atoms with E-state index < -0.39 is 13.2 Å². The van der Waals surface area contributed by atoms with Crippen molar-refractivity contribution in [3.63, 3.8) is 0 Å². The van der Waals surface area contributed by atoms with E-state index in [1.807, 2.05) is 12.2 Å². The molecule has 0 radical (unpaired) electrons. The van der Waals surface area contributed by atoms with E-state index in [0.29, 0.717) is 11.8 Å². The summed E-state index contributed by atoms with van der Waals surface area (Å²) in [7, 11) is 0. The van der Waals surface area contributed by atoms with Crippen molar-refractivity contribution in [2.24, 2.45) is 11.8 Å². The zero-order valence-electron chi connectivity index (χ0n) is 39.6. The second kappa shape index (κ2) is 30.1.